The summed E-state index contributed by atoms with van der Waals surface area (Å²) in [4.78, 5) is 17.5. The van der Waals surface area contributed by atoms with Gasteiger partial charge < -0.3 is 10.4 Å². The fraction of sp³-hybridized carbons (Fsp3) is 0.400. The number of carbonyl (C=O) groups excluding carboxylic acids is 1. The number of allylic oxidation sites excluding steroid dienone is 2. The minimum absolute atomic E-state index is 0.0583. The molecule has 1 amide bonds. The van der Waals surface area contributed by atoms with Gasteiger partial charge >= 0.3 is 0 Å². The third kappa shape index (κ3) is 5.92. The van der Waals surface area contributed by atoms with Crippen LogP contribution in [0.25, 0.3) is 5.57 Å². The molecule has 0 saturated heterocycles. The predicted octanol–water partition coefficient (Wildman–Crippen LogP) is 6.94. The molecule has 2 aliphatic carbocycles. The largest absolute Gasteiger partial charge is 0.392 e. The smallest absolute Gasteiger partial charge is 0.252 e. The van der Waals surface area contributed by atoms with Gasteiger partial charge in [-0.05, 0) is 99.5 Å². The summed E-state index contributed by atoms with van der Waals surface area (Å²) in [6.07, 6.45) is 10.6. The summed E-state index contributed by atoms with van der Waals surface area (Å²) in [6, 6.07) is 14.6. The van der Waals surface area contributed by atoms with E-state index in [0.717, 1.165) is 48.2 Å². The van der Waals surface area contributed by atoms with Crippen LogP contribution >= 0.6 is 0 Å². The first-order valence-electron chi connectivity index (χ1n) is 12.5. The number of aliphatic imine (C=N–C) groups is 1. The van der Waals surface area contributed by atoms with E-state index in [1.54, 1.807) is 13.1 Å². The number of aliphatic hydroxyl groups excluding tert-OH is 1. The zero-order valence-electron chi connectivity index (χ0n) is 20.6. The van der Waals surface area contributed by atoms with Crippen LogP contribution in [0.2, 0.25) is 0 Å². The van der Waals surface area contributed by atoms with Gasteiger partial charge in [-0.15, -0.1) is 0 Å². The molecule has 34 heavy (non-hydrogen) atoms. The molecule has 0 aliphatic heterocycles. The fourth-order valence-electron chi connectivity index (χ4n) is 4.79. The van der Waals surface area contributed by atoms with Crippen molar-refractivity contribution in [1.29, 1.82) is 0 Å². The number of carbonyl (C=O) groups is 1. The van der Waals surface area contributed by atoms with Gasteiger partial charge in [-0.1, -0.05) is 42.5 Å². The second-order valence-corrected chi connectivity index (χ2v) is 9.75. The number of aliphatic hydroxyl groups is 1. The summed E-state index contributed by atoms with van der Waals surface area (Å²) in [6.45, 7) is 5.97. The Morgan fingerprint density at radius 1 is 1.12 bits per heavy atom. The monoisotopic (exact) mass is 456 g/mol. The minimum Gasteiger partial charge on any atom is -0.392 e. The predicted molar refractivity (Wildman–Crippen MR) is 141 cm³/mol. The van der Waals surface area contributed by atoms with Crippen LogP contribution in [0.5, 0.6) is 0 Å². The Kier molecular flexibility index (Phi) is 7.79. The van der Waals surface area contributed by atoms with E-state index in [4.69, 9.17) is 0 Å². The summed E-state index contributed by atoms with van der Waals surface area (Å²) in [5.74, 6) is 0.976. The van der Waals surface area contributed by atoms with E-state index < -0.39 is 0 Å². The van der Waals surface area contributed by atoms with Crippen molar-refractivity contribution in [3.63, 3.8) is 0 Å². The molecular formula is C30H36N2O2. The van der Waals surface area contributed by atoms with Crippen molar-refractivity contribution < 1.29 is 9.90 Å². The van der Waals surface area contributed by atoms with E-state index in [0.29, 0.717) is 17.4 Å². The maximum absolute atomic E-state index is 13.0. The molecule has 0 radical (unpaired) electrons. The first kappa shape index (κ1) is 24.2. The normalized spacial score (nSPS) is 19.4. The minimum atomic E-state index is -0.157. The van der Waals surface area contributed by atoms with Gasteiger partial charge in [0.05, 0.1) is 6.61 Å². The van der Waals surface area contributed by atoms with Gasteiger partial charge in [-0.3, -0.25) is 9.79 Å². The number of hydrogen-bond donors (Lipinski definition) is 2. The molecule has 1 atom stereocenters. The maximum Gasteiger partial charge on any atom is 0.252 e. The summed E-state index contributed by atoms with van der Waals surface area (Å²) in [5, 5.41) is 12.8. The third-order valence-corrected chi connectivity index (χ3v) is 7.15. The molecule has 1 unspecified atom stereocenters. The fourth-order valence-corrected chi connectivity index (χ4v) is 4.79. The Hall–Kier alpha value is -2.98. The van der Waals surface area contributed by atoms with Crippen LogP contribution in [0, 0.1) is 12.8 Å². The van der Waals surface area contributed by atoms with Gasteiger partial charge in [-0.2, -0.15) is 0 Å². The zero-order valence-corrected chi connectivity index (χ0v) is 20.6. The molecule has 0 spiro atoms. The van der Waals surface area contributed by atoms with E-state index in [9.17, 15) is 9.90 Å². The highest BCUT2D eigenvalue weighted by atomic mass is 16.3. The zero-order chi connectivity index (χ0) is 24.1. The van der Waals surface area contributed by atoms with Crippen molar-refractivity contribution >= 4 is 22.9 Å². The molecule has 4 nitrogen and oxygen atoms in total. The van der Waals surface area contributed by atoms with Gasteiger partial charge in [0.15, 0.2) is 0 Å². The van der Waals surface area contributed by atoms with Crippen LogP contribution in [0.4, 0.5) is 5.69 Å². The van der Waals surface area contributed by atoms with Crippen LogP contribution in [-0.2, 0) is 11.4 Å². The molecule has 1 fully saturated rings. The van der Waals surface area contributed by atoms with Crippen molar-refractivity contribution in [2.75, 3.05) is 5.32 Å². The molecule has 2 aromatic carbocycles. The quantitative estimate of drug-likeness (QED) is 0.350. The topological polar surface area (TPSA) is 61.7 Å². The first-order chi connectivity index (χ1) is 16.5. The SMILES string of the molecule is CC(=N/C=C(\C)C(=O)Nc1cc(CO)ccc1C1=CCCC(c2ccccc2C)CC1)C1CC1. The summed E-state index contributed by atoms with van der Waals surface area (Å²) < 4.78 is 0. The molecule has 178 valence electrons. The van der Waals surface area contributed by atoms with Crippen LogP contribution in [0.15, 0.2) is 65.3 Å². The third-order valence-electron chi connectivity index (χ3n) is 7.15. The van der Waals surface area contributed by atoms with Crippen LogP contribution in [-0.4, -0.2) is 16.7 Å². The molecule has 2 aromatic rings. The molecule has 1 saturated carbocycles. The number of amides is 1. The molecule has 0 aromatic heterocycles. The van der Waals surface area contributed by atoms with Crippen LogP contribution < -0.4 is 5.32 Å². The van der Waals surface area contributed by atoms with E-state index in [2.05, 4.69) is 47.6 Å². The van der Waals surface area contributed by atoms with E-state index >= 15 is 0 Å². The van der Waals surface area contributed by atoms with Crippen LogP contribution in [0.3, 0.4) is 0 Å². The highest BCUT2D eigenvalue weighted by Gasteiger charge is 2.24. The number of aryl methyl sites for hydroxylation is 1. The van der Waals surface area contributed by atoms with Gasteiger partial charge in [-0.25, -0.2) is 0 Å². The Balaban J connectivity index is 1.53. The van der Waals surface area contributed by atoms with Gasteiger partial charge in [0.25, 0.3) is 5.91 Å². The number of nitrogens with zero attached hydrogens (tertiary/aromatic N) is 1. The van der Waals surface area contributed by atoms with Crippen molar-refractivity contribution in [2.45, 2.75) is 71.8 Å². The summed E-state index contributed by atoms with van der Waals surface area (Å²) in [5.41, 5.74) is 8.34. The standard InChI is InChI=1S/C30H36N2O2/c1-20-7-4-5-10-27(20)25-8-6-9-26(15-14-25)28-16-11-23(19-33)17-29(28)32-30(34)21(2)18-31-22(3)24-12-13-24/h4-5,7,9-11,16-18,24-25,33H,6,8,12-15,19H2,1-3H3,(H,32,34)/b21-18+,31-22?. The second-order valence-electron chi connectivity index (χ2n) is 9.75. The average molecular weight is 457 g/mol. The molecule has 0 bridgehead atoms. The van der Waals surface area contributed by atoms with Crippen LogP contribution in [0.1, 0.15) is 80.5 Å². The van der Waals surface area contributed by atoms with Crippen molar-refractivity contribution in [3.05, 3.63) is 82.6 Å². The molecule has 4 heteroatoms. The van der Waals surface area contributed by atoms with E-state index in [-0.39, 0.29) is 12.5 Å². The summed E-state index contributed by atoms with van der Waals surface area (Å²) in [7, 11) is 0. The Labute approximate surface area is 203 Å². The number of rotatable bonds is 7. The number of anilines is 1. The van der Waals surface area contributed by atoms with Gasteiger partial charge in [0.1, 0.15) is 0 Å². The highest BCUT2D eigenvalue weighted by molar-refractivity contribution is 6.05. The molecular weight excluding hydrogens is 420 g/mol. The lowest BCUT2D eigenvalue weighted by Gasteiger charge is -2.18. The molecule has 0 heterocycles. The highest BCUT2D eigenvalue weighted by Crippen LogP contribution is 2.38. The second kappa shape index (κ2) is 11.0. The number of benzene rings is 2. The average Bonchev–Trinajstić information content (AvgIpc) is 3.70. The molecule has 4 rings (SSSR count). The first-order valence-corrected chi connectivity index (χ1v) is 12.5. The maximum atomic E-state index is 13.0. The molecule has 2 N–H and O–H groups in total. The number of nitrogens with one attached hydrogen (secondary N) is 1. The van der Waals surface area contributed by atoms with Gasteiger partial charge in [0, 0.05) is 28.7 Å². The summed E-state index contributed by atoms with van der Waals surface area (Å²) >= 11 is 0. The Bertz CT molecular complexity index is 1140. The Morgan fingerprint density at radius 3 is 2.65 bits per heavy atom. The van der Waals surface area contributed by atoms with E-state index in [1.807, 2.05) is 25.1 Å². The lowest BCUT2D eigenvalue weighted by molar-refractivity contribution is -0.112. The van der Waals surface area contributed by atoms with E-state index in [1.165, 1.54) is 29.5 Å². The Morgan fingerprint density at radius 2 is 1.91 bits per heavy atom. The molecule has 2 aliphatic rings. The van der Waals surface area contributed by atoms with Crippen molar-refractivity contribution in [2.24, 2.45) is 10.9 Å². The van der Waals surface area contributed by atoms with Crippen molar-refractivity contribution in [1.82, 2.24) is 0 Å². The van der Waals surface area contributed by atoms with Crippen molar-refractivity contribution in [3.8, 4) is 0 Å². The lowest BCUT2D eigenvalue weighted by Crippen LogP contribution is -2.14. The van der Waals surface area contributed by atoms with Gasteiger partial charge in [0.2, 0.25) is 0 Å². The number of hydrogen-bond acceptors (Lipinski definition) is 3. The lowest BCUT2D eigenvalue weighted by atomic mass is 9.88.